The number of nitrogens with one attached hydrogen (secondary N) is 1. The molecule has 2 amide bonds. The zero-order chi connectivity index (χ0) is 20.5. The van der Waals surface area contributed by atoms with Crippen molar-refractivity contribution in [2.45, 2.75) is 13.3 Å². The van der Waals surface area contributed by atoms with Gasteiger partial charge >= 0.3 is 0 Å². The van der Waals surface area contributed by atoms with Crippen LogP contribution in [-0.2, 0) is 9.59 Å². The van der Waals surface area contributed by atoms with Gasteiger partial charge in [-0.2, -0.15) is 0 Å². The van der Waals surface area contributed by atoms with E-state index < -0.39 is 17.6 Å². The van der Waals surface area contributed by atoms with E-state index in [2.05, 4.69) is 10.3 Å². The molecular weight excluding hydrogens is 396 g/mol. The Bertz CT molecular complexity index is 1100. The van der Waals surface area contributed by atoms with Gasteiger partial charge < -0.3 is 10.2 Å². The number of carbonyl (C=O) groups is 2. The second-order valence-electron chi connectivity index (χ2n) is 6.82. The van der Waals surface area contributed by atoms with Gasteiger partial charge in [0.2, 0.25) is 11.8 Å². The number of halogens is 2. The SMILES string of the molecule is Cc1nc(-c2cccc(NC(=O)C3CC(=O)N(c4ccc(F)cc4F)C3)c2)cs1. The summed E-state index contributed by atoms with van der Waals surface area (Å²) < 4.78 is 27.1. The molecule has 8 heteroatoms. The second-order valence-corrected chi connectivity index (χ2v) is 7.89. The molecule has 148 valence electrons. The van der Waals surface area contributed by atoms with Crippen molar-refractivity contribution in [2.24, 2.45) is 5.92 Å². The van der Waals surface area contributed by atoms with Gasteiger partial charge in [-0.1, -0.05) is 12.1 Å². The Kier molecular flexibility index (Phi) is 5.10. The van der Waals surface area contributed by atoms with Gasteiger partial charge in [-0.15, -0.1) is 11.3 Å². The van der Waals surface area contributed by atoms with E-state index in [1.807, 2.05) is 30.5 Å². The van der Waals surface area contributed by atoms with Gasteiger partial charge in [0.1, 0.15) is 11.6 Å². The molecule has 0 bridgehead atoms. The number of rotatable bonds is 4. The van der Waals surface area contributed by atoms with Crippen molar-refractivity contribution in [1.29, 1.82) is 0 Å². The lowest BCUT2D eigenvalue weighted by Gasteiger charge is -2.17. The van der Waals surface area contributed by atoms with Crippen LogP contribution in [0.4, 0.5) is 20.2 Å². The highest BCUT2D eigenvalue weighted by Crippen LogP contribution is 2.29. The molecular formula is C21H17F2N3O2S. The van der Waals surface area contributed by atoms with Crippen molar-refractivity contribution in [3.05, 3.63) is 64.5 Å². The van der Waals surface area contributed by atoms with Crippen molar-refractivity contribution >= 4 is 34.5 Å². The maximum atomic E-state index is 14.0. The monoisotopic (exact) mass is 413 g/mol. The summed E-state index contributed by atoms with van der Waals surface area (Å²) in [4.78, 5) is 30.6. The van der Waals surface area contributed by atoms with Gasteiger partial charge in [0.15, 0.2) is 0 Å². The van der Waals surface area contributed by atoms with Crippen molar-refractivity contribution in [3.63, 3.8) is 0 Å². The Hall–Kier alpha value is -3.13. The number of anilines is 2. The highest BCUT2D eigenvalue weighted by Gasteiger charge is 2.36. The number of hydrogen-bond acceptors (Lipinski definition) is 4. The molecule has 1 aliphatic rings. The Balaban J connectivity index is 1.47. The molecule has 29 heavy (non-hydrogen) atoms. The van der Waals surface area contributed by atoms with Crippen LogP contribution in [0.2, 0.25) is 0 Å². The summed E-state index contributed by atoms with van der Waals surface area (Å²) in [5.41, 5.74) is 2.28. The van der Waals surface area contributed by atoms with Gasteiger partial charge in [0.05, 0.1) is 22.3 Å². The number of hydrogen-bond donors (Lipinski definition) is 1. The highest BCUT2D eigenvalue weighted by molar-refractivity contribution is 7.09. The third-order valence-electron chi connectivity index (χ3n) is 4.74. The van der Waals surface area contributed by atoms with Crippen molar-refractivity contribution in [3.8, 4) is 11.3 Å². The minimum Gasteiger partial charge on any atom is -0.326 e. The number of carbonyl (C=O) groups excluding carboxylic acids is 2. The molecule has 1 aromatic heterocycles. The summed E-state index contributed by atoms with van der Waals surface area (Å²) >= 11 is 1.54. The van der Waals surface area contributed by atoms with Crippen LogP contribution in [0.15, 0.2) is 47.8 Å². The van der Waals surface area contributed by atoms with Gasteiger partial charge in [-0.05, 0) is 31.2 Å². The lowest BCUT2D eigenvalue weighted by atomic mass is 10.1. The summed E-state index contributed by atoms with van der Waals surface area (Å²) in [5.74, 6) is -2.87. The fraction of sp³-hybridized carbons (Fsp3) is 0.190. The van der Waals surface area contributed by atoms with Crippen LogP contribution >= 0.6 is 11.3 Å². The van der Waals surface area contributed by atoms with Gasteiger partial charge in [0.25, 0.3) is 0 Å². The predicted molar refractivity (Wildman–Crippen MR) is 108 cm³/mol. The summed E-state index contributed by atoms with van der Waals surface area (Å²) in [6, 6.07) is 10.3. The van der Waals surface area contributed by atoms with E-state index in [1.54, 1.807) is 17.4 Å². The Morgan fingerprint density at radius 3 is 2.79 bits per heavy atom. The first kappa shape index (κ1) is 19.2. The lowest BCUT2D eigenvalue weighted by molar-refractivity contribution is -0.122. The quantitative estimate of drug-likeness (QED) is 0.690. The number of thiazole rings is 1. The standard InChI is InChI=1S/C21H17F2N3O2S/c1-12-24-18(11-29-12)13-3-2-4-16(7-13)25-21(28)14-8-20(27)26(10-14)19-6-5-15(22)9-17(19)23/h2-7,9,11,14H,8,10H2,1H3,(H,25,28). The minimum atomic E-state index is -0.828. The topological polar surface area (TPSA) is 62.3 Å². The van der Waals surface area contributed by atoms with Crippen molar-refractivity contribution in [2.75, 3.05) is 16.8 Å². The second kappa shape index (κ2) is 7.71. The van der Waals surface area contributed by atoms with E-state index in [-0.39, 0.29) is 30.5 Å². The normalized spacial score (nSPS) is 16.3. The molecule has 0 saturated carbocycles. The molecule has 1 unspecified atom stereocenters. The van der Waals surface area contributed by atoms with Crippen LogP contribution in [0.1, 0.15) is 11.4 Å². The predicted octanol–water partition coefficient (Wildman–Crippen LogP) is 4.39. The molecule has 2 heterocycles. The first-order valence-corrected chi connectivity index (χ1v) is 9.87. The molecule has 3 aromatic rings. The maximum absolute atomic E-state index is 14.0. The first-order valence-electron chi connectivity index (χ1n) is 8.99. The maximum Gasteiger partial charge on any atom is 0.229 e. The van der Waals surface area contributed by atoms with Crippen LogP contribution in [0.25, 0.3) is 11.3 Å². The lowest BCUT2D eigenvalue weighted by Crippen LogP contribution is -2.28. The Morgan fingerprint density at radius 1 is 1.24 bits per heavy atom. The van der Waals surface area contributed by atoms with Gasteiger partial charge in [-0.3, -0.25) is 9.59 Å². The molecule has 5 nitrogen and oxygen atoms in total. The van der Waals surface area contributed by atoms with Crippen LogP contribution in [0.3, 0.4) is 0 Å². The van der Waals surface area contributed by atoms with Crippen LogP contribution in [0, 0.1) is 24.5 Å². The van der Waals surface area contributed by atoms with Crippen molar-refractivity contribution < 1.29 is 18.4 Å². The summed E-state index contributed by atoms with van der Waals surface area (Å²) in [7, 11) is 0. The van der Waals surface area contributed by atoms with E-state index in [4.69, 9.17) is 0 Å². The number of amides is 2. The van der Waals surface area contributed by atoms with Crippen LogP contribution in [-0.4, -0.2) is 23.3 Å². The van der Waals surface area contributed by atoms with E-state index in [9.17, 15) is 18.4 Å². The van der Waals surface area contributed by atoms with E-state index >= 15 is 0 Å². The van der Waals surface area contributed by atoms with Gasteiger partial charge in [-0.25, -0.2) is 13.8 Å². The summed E-state index contributed by atoms with van der Waals surface area (Å²) in [5, 5.41) is 5.72. The largest absolute Gasteiger partial charge is 0.326 e. The number of aromatic nitrogens is 1. The number of nitrogens with zero attached hydrogens (tertiary/aromatic N) is 2. The fourth-order valence-corrected chi connectivity index (χ4v) is 3.93. The number of benzene rings is 2. The van der Waals surface area contributed by atoms with Crippen molar-refractivity contribution in [1.82, 2.24) is 4.98 Å². The molecule has 0 radical (unpaired) electrons. The zero-order valence-electron chi connectivity index (χ0n) is 15.5. The molecule has 0 aliphatic carbocycles. The molecule has 1 atom stereocenters. The van der Waals surface area contributed by atoms with E-state index in [0.29, 0.717) is 5.69 Å². The molecule has 2 aromatic carbocycles. The van der Waals surface area contributed by atoms with Crippen LogP contribution in [0.5, 0.6) is 0 Å². The molecule has 1 aliphatic heterocycles. The summed E-state index contributed by atoms with van der Waals surface area (Å²) in [6.45, 7) is 1.96. The van der Waals surface area contributed by atoms with E-state index in [1.165, 1.54) is 11.0 Å². The minimum absolute atomic E-state index is 0.0207. The molecule has 4 rings (SSSR count). The molecule has 1 fully saturated rings. The average molecular weight is 413 g/mol. The first-order chi connectivity index (χ1) is 13.9. The molecule has 1 N–H and O–H groups in total. The third kappa shape index (κ3) is 4.02. The smallest absolute Gasteiger partial charge is 0.229 e. The van der Waals surface area contributed by atoms with Gasteiger partial charge in [0, 0.05) is 35.7 Å². The average Bonchev–Trinajstić information content (AvgIpc) is 3.28. The molecule has 1 saturated heterocycles. The summed E-state index contributed by atoms with van der Waals surface area (Å²) in [6.07, 6.45) is -0.0341. The van der Waals surface area contributed by atoms with E-state index in [0.717, 1.165) is 28.4 Å². The highest BCUT2D eigenvalue weighted by atomic mass is 32.1. The zero-order valence-corrected chi connectivity index (χ0v) is 16.3. The Morgan fingerprint density at radius 2 is 2.07 bits per heavy atom. The van der Waals surface area contributed by atoms with Crippen LogP contribution < -0.4 is 10.2 Å². The Labute approximate surface area is 170 Å². The fourth-order valence-electron chi connectivity index (χ4n) is 3.31. The molecule has 0 spiro atoms. The third-order valence-corrected chi connectivity index (χ3v) is 5.51. The number of aryl methyl sites for hydroxylation is 1.